The fourth-order valence-electron chi connectivity index (χ4n) is 6.46. The first-order chi connectivity index (χ1) is 23.6. The van der Waals surface area contributed by atoms with Gasteiger partial charge in [-0.15, -0.1) is 6.58 Å². The molecule has 1 amide bonds. The molecule has 278 valence electrons. The van der Waals surface area contributed by atoms with E-state index in [1.54, 1.807) is 38.3 Å². The van der Waals surface area contributed by atoms with Crippen LogP contribution in [0.2, 0.25) is 25.7 Å². The number of hydrogen-bond acceptors (Lipinski definition) is 9. The van der Waals surface area contributed by atoms with Crippen LogP contribution in [0.4, 0.5) is 0 Å². The lowest BCUT2D eigenvalue weighted by Gasteiger charge is -2.38. The number of aliphatic hydroxyl groups is 1. The van der Waals surface area contributed by atoms with Crippen LogP contribution in [0.3, 0.4) is 0 Å². The van der Waals surface area contributed by atoms with E-state index >= 15 is 0 Å². The predicted molar refractivity (Wildman–Crippen MR) is 199 cm³/mol. The first kappa shape index (κ1) is 41.5. The second-order valence-electron chi connectivity index (χ2n) is 15.0. The van der Waals surface area contributed by atoms with Crippen molar-refractivity contribution in [3.8, 4) is 0 Å². The van der Waals surface area contributed by atoms with Crippen LogP contribution in [0.1, 0.15) is 47.0 Å². The molecule has 1 N–H and O–H groups in total. The molecule has 0 unspecified atom stereocenters. The van der Waals surface area contributed by atoms with Crippen LogP contribution in [-0.4, -0.2) is 112 Å². The summed E-state index contributed by atoms with van der Waals surface area (Å²) in [6.45, 7) is 20.1. The van der Waals surface area contributed by atoms with Crippen LogP contribution in [0.5, 0.6) is 0 Å². The summed E-state index contributed by atoms with van der Waals surface area (Å²) in [5.41, 5.74) is 1.88. The largest absolute Gasteiger partial charge is 0.386 e. The Morgan fingerprint density at radius 1 is 1.08 bits per heavy atom. The number of ketones is 2. The highest BCUT2D eigenvalue weighted by Crippen LogP contribution is 2.34. The van der Waals surface area contributed by atoms with Gasteiger partial charge in [-0.25, -0.2) is 0 Å². The molecule has 0 spiro atoms. The van der Waals surface area contributed by atoms with Crippen molar-refractivity contribution >= 4 is 25.5 Å². The lowest BCUT2D eigenvalue weighted by molar-refractivity contribution is -0.133. The summed E-state index contributed by atoms with van der Waals surface area (Å²) in [5, 5.41) is 11.3. The maximum absolute atomic E-state index is 14.5. The van der Waals surface area contributed by atoms with Crippen molar-refractivity contribution < 1.29 is 38.4 Å². The zero-order valence-corrected chi connectivity index (χ0v) is 32.7. The van der Waals surface area contributed by atoms with Gasteiger partial charge in [0.1, 0.15) is 18.9 Å². The minimum absolute atomic E-state index is 0.0169. The number of carbonyl (C=O) groups excluding carboxylic acids is 3. The highest BCUT2D eigenvalue weighted by atomic mass is 28.3. The molecule has 0 radical (unpaired) electrons. The average Bonchev–Trinajstić information content (AvgIpc) is 3.03. The molecule has 2 aliphatic heterocycles. The van der Waals surface area contributed by atoms with Gasteiger partial charge in [0.25, 0.3) is 5.91 Å². The number of amides is 1. The van der Waals surface area contributed by atoms with E-state index in [2.05, 4.69) is 26.2 Å². The van der Waals surface area contributed by atoms with Gasteiger partial charge >= 0.3 is 0 Å². The third kappa shape index (κ3) is 11.0. The monoisotopic (exact) mass is 712 g/mol. The molecule has 11 heteroatoms. The molecular formula is C39H60N2O8Si. The van der Waals surface area contributed by atoms with Crippen molar-refractivity contribution in [1.82, 2.24) is 9.80 Å². The van der Waals surface area contributed by atoms with Gasteiger partial charge in [0.15, 0.2) is 0 Å². The summed E-state index contributed by atoms with van der Waals surface area (Å²) in [7, 11) is 1.73. The van der Waals surface area contributed by atoms with Gasteiger partial charge in [-0.3, -0.25) is 19.3 Å². The van der Waals surface area contributed by atoms with Crippen molar-refractivity contribution in [3.63, 3.8) is 0 Å². The number of allylic oxidation sites excluding steroid dienone is 4. The summed E-state index contributed by atoms with van der Waals surface area (Å²) in [4.78, 5) is 45.8. The Bertz CT molecular complexity index is 1390. The van der Waals surface area contributed by atoms with E-state index in [9.17, 15) is 19.5 Å². The minimum atomic E-state index is -1.43. The Hall–Kier alpha value is -2.93. The molecule has 0 aromatic carbocycles. The van der Waals surface area contributed by atoms with E-state index in [0.29, 0.717) is 61.6 Å². The van der Waals surface area contributed by atoms with Crippen LogP contribution < -0.4 is 0 Å². The van der Waals surface area contributed by atoms with Crippen molar-refractivity contribution in [2.45, 2.75) is 97.1 Å². The van der Waals surface area contributed by atoms with Crippen molar-refractivity contribution in [3.05, 3.63) is 71.1 Å². The molecule has 2 bridgehead atoms. The molecule has 1 saturated heterocycles. The van der Waals surface area contributed by atoms with Crippen molar-refractivity contribution in [2.24, 2.45) is 11.8 Å². The SMILES string of the molecule is C=CCO[C@H]1[C@@H](OC)C[C@H](C)CC2=C(N3CCC3)C(=O)C=C(C2=O)N(COCC[Si](C)(C)C)C(=O)/C(C)=C/C=C\[C@H](OC)[C@@H](O)/C(C)=C/[C@@H]1C. The first-order valence-corrected chi connectivity index (χ1v) is 21.5. The summed E-state index contributed by atoms with van der Waals surface area (Å²) in [6, 6.07) is 0.881. The van der Waals surface area contributed by atoms with Crippen LogP contribution in [-0.2, 0) is 33.3 Å². The number of aliphatic hydroxyl groups excluding tert-OH is 1. The first-order valence-electron chi connectivity index (χ1n) is 17.8. The number of fused-ring (bicyclic) bond motifs is 2. The lowest BCUT2D eigenvalue weighted by atomic mass is 9.84. The zero-order chi connectivity index (χ0) is 37.2. The fourth-order valence-corrected chi connectivity index (χ4v) is 7.22. The molecule has 1 fully saturated rings. The third-order valence-electron chi connectivity index (χ3n) is 9.56. The minimum Gasteiger partial charge on any atom is -0.386 e. The summed E-state index contributed by atoms with van der Waals surface area (Å²) >= 11 is 0. The van der Waals surface area contributed by atoms with Gasteiger partial charge in [0.05, 0.1) is 30.2 Å². The van der Waals surface area contributed by atoms with Crippen LogP contribution in [0.25, 0.3) is 0 Å². The standard InChI is InChI=1S/C39H60N2O8Si/c1-11-18-49-38-29(5)23-28(4)36(43)33(46-6)15-12-14-27(3)39(45)41(25-48-19-20-50(8,9)10)31-24-32(42)35(40-16-13-17-40)30(37(31)44)21-26(2)22-34(38)47-7/h11-12,14-15,23-24,26,29,33-34,36,38,43H,1,13,16-22,25H2,2-10H3/b15-12-,27-14+,28-23+/t26-,29+,33+,34+,36+,38-/m1/s1. The number of methoxy groups -OCH3 is 2. The predicted octanol–water partition coefficient (Wildman–Crippen LogP) is 5.60. The second-order valence-corrected chi connectivity index (χ2v) is 20.6. The maximum atomic E-state index is 14.5. The van der Waals surface area contributed by atoms with E-state index in [4.69, 9.17) is 18.9 Å². The topological polar surface area (TPSA) is 115 Å². The Morgan fingerprint density at radius 3 is 2.36 bits per heavy atom. The van der Waals surface area contributed by atoms with Gasteiger partial charge in [-0.05, 0) is 50.6 Å². The molecule has 1 aliphatic carbocycles. The smallest absolute Gasteiger partial charge is 0.255 e. The van der Waals surface area contributed by atoms with E-state index in [0.717, 1.165) is 12.5 Å². The van der Waals surface area contributed by atoms with E-state index in [1.807, 2.05) is 31.7 Å². The molecule has 0 aromatic rings. The molecule has 0 saturated carbocycles. The zero-order valence-electron chi connectivity index (χ0n) is 31.7. The van der Waals surface area contributed by atoms with E-state index in [-0.39, 0.29) is 41.9 Å². The number of rotatable bonds is 11. The number of likely N-dealkylation sites (tertiary alicyclic amines) is 1. The Labute approximate surface area is 300 Å². The Kier molecular flexibility index (Phi) is 15.8. The molecule has 50 heavy (non-hydrogen) atoms. The molecule has 6 atom stereocenters. The summed E-state index contributed by atoms with van der Waals surface area (Å²) in [5.74, 6) is -1.33. The summed E-state index contributed by atoms with van der Waals surface area (Å²) in [6.07, 6.45) is 9.30. The van der Waals surface area contributed by atoms with Crippen LogP contribution in [0, 0.1) is 11.8 Å². The molecule has 3 aliphatic rings. The molecular weight excluding hydrogens is 653 g/mol. The number of nitrogens with zero attached hydrogens (tertiary/aromatic N) is 2. The Balaban J connectivity index is 2.15. The summed E-state index contributed by atoms with van der Waals surface area (Å²) < 4.78 is 24.0. The molecule has 3 rings (SSSR count). The highest BCUT2D eigenvalue weighted by Gasteiger charge is 2.39. The van der Waals surface area contributed by atoms with Gasteiger partial charge in [0.2, 0.25) is 11.6 Å². The average molecular weight is 713 g/mol. The quantitative estimate of drug-likeness (QED) is 0.127. The molecule has 2 heterocycles. The maximum Gasteiger partial charge on any atom is 0.255 e. The number of carbonyl (C=O) groups is 3. The highest BCUT2D eigenvalue weighted by molar-refractivity contribution is 6.76. The van der Waals surface area contributed by atoms with Crippen molar-refractivity contribution in [1.29, 1.82) is 0 Å². The van der Waals surface area contributed by atoms with E-state index in [1.165, 1.54) is 18.1 Å². The lowest BCUT2D eigenvalue weighted by Crippen LogP contribution is -2.45. The van der Waals surface area contributed by atoms with E-state index < -0.39 is 32.3 Å². The van der Waals surface area contributed by atoms with Gasteiger partial charge in [-0.1, -0.05) is 63.9 Å². The van der Waals surface area contributed by atoms with Crippen molar-refractivity contribution in [2.75, 3.05) is 47.3 Å². The van der Waals surface area contributed by atoms with Crippen LogP contribution in [0.15, 0.2) is 71.1 Å². The van der Waals surface area contributed by atoms with Gasteiger partial charge < -0.3 is 29.0 Å². The third-order valence-corrected chi connectivity index (χ3v) is 11.3. The van der Waals surface area contributed by atoms with Crippen LogP contribution >= 0.6 is 0 Å². The van der Waals surface area contributed by atoms with Gasteiger partial charge in [0, 0.05) is 65.1 Å². The molecule has 0 aromatic heterocycles. The number of hydrogen-bond donors (Lipinski definition) is 1. The molecule has 10 nitrogen and oxygen atoms in total. The Morgan fingerprint density at radius 2 is 1.78 bits per heavy atom. The number of Topliss-reactive ketones (excluding diaryl/α,β-unsaturated/α-hetero) is 1. The second kappa shape index (κ2) is 19.1. The fraction of sp³-hybridized carbons (Fsp3) is 0.615. The normalized spacial score (nSPS) is 30.7. The van der Waals surface area contributed by atoms with Gasteiger partial charge in [-0.2, -0.15) is 0 Å². The number of ether oxygens (including phenoxy) is 4.